The Bertz CT molecular complexity index is 1310. The summed E-state index contributed by atoms with van der Waals surface area (Å²) in [6.45, 7) is 2.23. The Labute approximate surface area is 208 Å². The van der Waals surface area contributed by atoms with E-state index in [4.69, 9.17) is 4.74 Å². The first-order chi connectivity index (χ1) is 17.4. The Morgan fingerprint density at radius 3 is 2.19 bits per heavy atom. The van der Waals surface area contributed by atoms with Crippen LogP contribution in [0.4, 0.5) is 11.4 Å². The third-order valence-electron chi connectivity index (χ3n) is 8.75. The van der Waals surface area contributed by atoms with Gasteiger partial charge in [-0.3, -0.25) is 24.1 Å². The van der Waals surface area contributed by atoms with Gasteiger partial charge in [-0.15, -0.1) is 0 Å². The molecular weight excluding hydrogens is 456 g/mol. The molecule has 0 N–H and O–H groups in total. The summed E-state index contributed by atoms with van der Waals surface area (Å²) >= 11 is 0. The number of hydrogen-bond acceptors (Lipinski definition) is 5. The predicted molar refractivity (Wildman–Crippen MR) is 131 cm³/mol. The molecule has 2 aliphatic heterocycles. The summed E-state index contributed by atoms with van der Waals surface area (Å²) in [6, 6.07) is 14.2. The Balaban J connectivity index is 1.04. The standard InChI is InChI=1S/C29H26N2O5/c1-15-3-2-4-18(11-15)30-14-16(12-24(30)32)29(35)36-19-7-5-17(6-8-19)31-27(33)25-20-9-10-21(23-13-22(20)23)26(25)28(31)34/h2-11,16,20-23,25-26H,12-14H2,1H3/t16-,20+,21+,22-,23+,25-,26+/m1/s1. The smallest absolute Gasteiger partial charge is 0.316 e. The fraction of sp³-hybridized carbons (Fsp3) is 0.379. The van der Waals surface area contributed by atoms with Gasteiger partial charge in [0, 0.05) is 18.7 Å². The van der Waals surface area contributed by atoms with Crippen molar-refractivity contribution in [2.45, 2.75) is 19.8 Å². The first-order valence-corrected chi connectivity index (χ1v) is 12.7. The van der Waals surface area contributed by atoms with Crippen LogP contribution in [0.3, 0.4) is 0 Å². The molecule has 7 heteroatoms. The number of hydrogen-bond donors (Lipinski definition) is 0. The molecule has 3 amide bonds. The van der Waals surface area contributed by atoms with Crippen LogP contribution in [0, 0.1) is 48.3 Å². The van der Waals surface area contributed by atoms with Crippen molar-refractivity contribution in [1.29, 1.82) is 0 Å². The Morgan fingerprint density at radius 2 is 1.56 bits per heavy atom. The van der Waals surface area contributed by atoms with Crippen LogP contribution in [0.5, 0.6) is 5.75 Å². The quantitative estimate of drug-likeness (QED) is 0.288. The van der Waals surface area contributed by atoms with E-state index < -0.39 is 11.9 Å². The predicted octanol–water partition coefficient (Wildman–Crippen LogP) is 3.51. The van der Waals surface area contributed by atoms with Crippen molar-refractivity contribution < 1.29 is 23.9 Å². The zero-order valence-electron chi connectivity index (χ0n) is 19.9. The highest BCUT2D eigenvalue weighted by atomic mass is 16.5. The summed E-state index contributed by atoms with van der Waals surface area (Å²) < 4.78 is 5.57. The summed E-state index contributed by atoms with van der Waals surface area (Å²) in [4.78, 5) is 54.9. The third kappa shape index (κ3) is 3.11. The Kier molecular flexibility index (Phi) is 4.56. The van der Waals surface area contributed by atoms with Crippen molar-refractivity contribution >= 4 is 35.1 Å². The first-order valence-electron chi connectivity index (χ1n) is 12.7. The lowest BCUT2D eigenvalue weighted by atomic mass is 9.63. The number of carbonyl (C=O) groups excluding carboxylic acids is 4. The molecule has 4 aliphatic carbocycles. The lowest BCUT2D eigenvalue weighted by Crippen LogP contribution is -2.40. The Morgan fingerprint density at radius 1 is 0.889 bits per heavy atom. The topological polar surface area (TPSA) is 84.0 Å². The van der Waals surface area contributed by atoms with Gasteiger partial charge >= 0.3 is 5.97 Å². The zero-order chi connectivity index (χ0) is 24.7. The normalized spacial score (nSPS) is 33.7. The van der Waals surface area contributed by atoms with Crippen LogP contribution in [0.1, 0.15) is 18.4 Å². The third-order valence-corrected chi connectivity index (χ3v) is 8.75. The number of allylic oxidation sites excluding steroid dienone is 2. The minimum Gasteiger partial charge on any atom is -0.426 e. The minimum absolute atomic E-state index is 0.1000. The SMILES string of the molecule is Cc1cccc(N2C[C@H](C(=O)Oc3ccc(N4C(=O)[C@@H]5[C@H]6C=C[C@@H]([C@@H]7C[C@H]67)[C@@H]5C4=O)cc3)CC2=O)c1. The van der Waals surface area contributed by atoms with Gasteiger partial charge in [-0.05, 0) is 79.0 Å². The fourth-order valence-corrected chi connectivity index (χ4v) is 6.99. The van der Waals surface area contributed by atoms with Crippen LogP contribution in [-0.2, 0) is 19.2 Å². The zero-order valence-corrected chi connectivity index (χ0v) is 19.9. The van der Waals surface area contributed by atoms with Gasteiger partial charge in [-0.1, -0.05) is 24.3 Å². The lowest BCUT2D eigenvalue weighted by Gasteiger charge is -2.37. The maximum absolute atomic E-state index is 13.3. The highest BCUT2D eigenvalue weighted by molar-refractivity contribution is 6.22. The van der Waals surface area contributed by atoms with Gasteiger partial charge in [0.2, 0.25) is 17.7 Å². The molecule has 0 radical (unpaired) electrons. The number of nitrogens with zero attached hydrogens (tertiary/aromatic N) is 2. The van der Waals surface area contributed by atoms with Gasteiger partial charge in [-0.2, -0.15) is 0 Å². The number of anilines is 2. The van der Waals surface area contributed by atoms with E-state index >= 15 is 0 Å². The monoisotopic (exact) mass is 482 g/mol. The van der Waals surface area contributed by atoms with Gasteiger partial charge < -0.3 is 9.64 Å². The van der Waals surface area contributed by atoms with Gasteiger partial charge in [0.15, 0.2) is 0 Å². The number of benzene rings is 2. The number of ether oxygens (including phenoxy) is 1. The van der Waals surface area contributed by atoms with Crippen molar-refractivity contribution in [3.8, 4) is 5.75 Å². The fourth-order valence-electron chi connectivity index (χ4n) is 6.99. The molecule has 2 heterocycles. The van der Waals surface area contributed by atoms with Crippen LogP contribution >= 0.6 is 0 Å². The van der Waals surface area contributed by atoms with E-state index in [9.17, 15) is 19.2 Å². The molecular formula is C29H26N2O5. The molecule has 2 aromatic rings. The van der Waals surface area contributed by atoms with Crippen molar-refractivity contribution in [3.63, 3.8) is 0 Å². The van der Waals surface area contributed by atoms with Gasteiger partial charge in [0.05, 0.1) is 23.4 Å². The molecule has 6 aliphatic rings. The molecule has 4 fully saturated rings. The second-order valence-corrected chi connectivity index (χ2v) is 10.8. The van der Waals surface area contributed by atoms with Crippen LogP contribution in [-0.4, -0.2) is 30.2 Å². The molecule has 2 bridgehead atoms. The number of esters is 1. The van der Waals surface area contributed by atoms with Crippen molar-refractivity contribution in [3.05, 3.63) is 66.2 Å². The number of carbonyl (C=O) groups is 4. The number of amides is 3. The molecule has 8 rings (SSSR count). The van der Waals surface area contributed by atoms with E-state index in [0.717, 1.165) is 17.7 Å². The van der Waals surface area contributed by atoms with Gasteiger partial charge in [0.1, 0.15) is 5.75 Å². The average Bonchev–Trinajstić information content (AvgIpc) is 3.55. The first kappa shape index (κ1) is 21.5. The largest absolute Gasteiger partial charge is 0.426 e. The van der Waals surface area contributed by atoms with E-state index in [-0.39, 0.29) is 54.4 Å². The van der Waals surface area contributed by atoms with Crippen molar-refractivity contribution in [2.24, 2.45) is 41.4 Å². The highest BCUT2D eigenvalue weighted by Crippen LogP contribution is 2.65. The molecule has 2 saturated carbocycles. The van der Waals surface area contributed by atoms with Gasteiger partial charge in [0.25, 0.3) is 0 Å². The second-order valence-electron chi connectivity index (χ2n) is 10.8. The van der Waals surface area contributed by atoms with Crippen molar-refractivity contribution in [1.82, 2.24) is 0 Å². The molecule has 0 aromatic heterocycles. The molecule has 0 spiro atoms. The summed E-state index contributed by atoms with van der Waals surface area (Å²) in [7, 11) is 0. The van der Waals surface area contributed by atoms with E-state index in [1.807, 2.05) is 31.2 Å². The van der Waals surface area contributed by atoms with Gasteiger partial charge in [-0.25, -0.2) is 0 Å². The summed E-state index contributed by atoms with van der Waals surface area (Å²) in [5, 5.41) is 0. The molecule has 7 atom stereocenters. The summed E-state index contributed by atoms with van der Waals surface area (Å²) in [5.41, 5.74) is 2.33. The van der Waals surface area contributed by atoms with E-state index in [1.165, 1.54) is 4.90 Å². The molecule has 7 nitrogen and oxygen atoms in total. The van der Waals surface area contributed by atoms with Crippen LogP contribution in [0.2, 0.25) is 0 Å². The minimum atomic E-state index is -0.558. The van der Waals surface area contributed by atoms with E-state index in [1.54, 1.807) is 29.2 Å². The van der Waals surface area contributed by atoms with Crippen molar-refractivity contribution in [2.75, 3.05) is 16.3 Å². The number of aryl methyl sites for hydroxylation is 1. The van der Waals surface area contributed by atoms with Crippen LogP contribution in [0.25, 0.3) is 0 Å². The van der Waals surface area contributed by atoms with Crippen LogP contribution < -0.4 is 14.5 Å². The highest BCUT2D eigenvalue weighted by Gasteiger charge is 2.67. The lowest BCUT2D eigenvalue weighted by molar-refractivity contribution is -0.139. The summed E-state index contributed by atoms with van der Waals surface area (Å²) in [5.74, 6) is -0.0376. The summed E-state index contributed by atoms with van der Waals surface area (Å²) in [6.07, 6.45) is 5.55. The average molecular weight is 483 g/mol. The Hall–Kier alpha value is -3.74. The molecule has 2 saturated heterocycles. The van der Waals surface area contributed by atoms with Crippen LogP contribution in [0.15, 0.2) is 60.7 Å². The molecule has 182 valence electrons. The van der Waals surface area contributed by atoms with E-state index in [2.05, 4.69) is 12.2 Å². The molecule has 0 unspecified atom stereocenters. The molecule has 2 aromatic carbocycles. The maximum atomic E-state index is 13.3. The van der Waals surface area contributed by atoms with E-state index in [0.29, 0.717) is 23.3 Å². The molecule has 36 heavy (non-hydrogen) atoms. The number of imide groups is 1. The number of rotatable bonds is 4. The second kappa shape index (κ2) is 7.63. The maximum Gasteiger partial charge on any atom is 0.316 e.